The number of methoxy groups -OCH3 is 1. The van der Waals surface area contributed by atoms with E-state index in [9.17, 15) is 5.11 Å². The summed E-state index contributed by atoms with van der Waals surface area (Å²) in [6.07, 6.45) is 0.587. The van der Waals surface area contributed by atoms with Crippen LogP contribution in [-0.4, -0.2) is 43.0 Å². The van der Waals surface area contributed by atoms with Gasteiger partial charge in [-0.3, -0.25) is 0 Å². The van der Waals surface area contributed by atoms with Crippen LogP contribution in [0.15, 0.2) is 0 Å². The molecule has 0 saturated carbocycles. The minimum Gasteiger partial charge on any atom is -0.367 e. The summed E-state index contributed by atoms with van der Waals surface area (Å²) in [5, 5.41) is 9.53. The zero-order valence-corrected chi connectivity index (χ0v) is 9.55. The van der Waals surface area contributed by atoms with E-state index in [1.165, 1.54) is 0 Å². The van der Waals surface area contributed by atoms with Crippen LogP contribution in [-0.2, 0) is 14.2 Å². The predicted octanol–water partition coefficient (Wildman–Crippen LogP) is 0.209. The molecular formula is C10H21NO4. The van der Waals surface area contributed by atoms with Gasteiger partial charge in [0.1, 0.15) is 6.10 Å². The largest absolute Gasteiger partial charge is 0.367 e. The average Bonchev–Trinajstić information content (AvgIpc) is 2.91. The molecule has 1 aliphatic rings. The molecule has 5 nitrogen and oxygen atoms in total. The van der Waals surface area contributed by atoms with E-state index in [0.717, 1.165) is 6.42 Å². The van der Waals surface area contributed by atoms with Crippen molar-refractivity contribution in [3.63, 3.8) is 0 Å². The summed E-state index contributed by atoms with van der Waals surface area (Å²) in [5.41, 5.74) is 5.76. The van der Waals surface area contributed by atoms with Crippen molar-refractivity contribution in [2.24, 2.45) is 5.73 Å². The van der Waals surface area contributed by atoms with Crippen LogP contribution in [0.3, 0.4) is 0 Å². The molecule has 0 aromatic rings. The maximum Gasteiger partial charge on any atom is 0.184 e. The van der Waals surface area contributed by atoms with Crippen molar-refractivity contribution in [2.75, 3.05) is 7.11 Å². The number of aliphatic hydroxyl groups excluding tert-OH is 1. The Labute approximate surface area is 90.5 Å². The fraction of sp³-hybridized carbons (Fsp3) is 1.00. The van der Waals surface area contributed by atoms with Crippen molar-refractivity contribution in [3.8, 4) is 0 Å². The lowest BCUT2D eigenvalue weighted by atomic mass is 10.1. The second-order valence-corrected chi connectivity index (χ2v) is 4.10. The number of epoxide rings is 1. The fourth-order valence-corrected chi connectivity index (χ4v) is 1.42. The van der Waals surface area contributed by atoms with E-state index in [-0.39, 0.29) is 24.5 Å². The first-order chi connectivity index (χ1) is 7.04. The van der Waals surface area contributed by atoms with Crippen LogP contribution in [0.2, 0.25) is 0 Å². The Hall–Kier alpha value is -0.200. The van der Waals surface area contributed by atoms with Gasteiger partial charge in [-0.25, -0.2) is 0 Å². The molecule has 15 heavy (non-hydrogen) atoms. The molecule has 1 saturated heterocycles. The fourth-order valence-electron chi connectivity index (χ4n) is 1.42. The highest BCUT2D eigenvalue weighted by molar-refractivity contribution is 4.79. The second kappa shape index (κ2) is 5.77. The van der Waals surface area contributed by atoms with Gasteiger partial charge >= 0.3 is 0 Å². The zero-order chi connectivity index (χ0) is 11.4. The third-order valence-corrected chi connectivity index (χ3v) is 2.33. The molecule has 90 valence electrons. The van der Waals surface area contributed by atoms with Gasteiger partial charge < -0.3 is 25.1 Å². The van der Waals surface area contributed by atoms with Crippen molar-refractivity contribution < 1.29 is 19.3 Å². The molecule has 3 N–H and O–H groups in total. The Bertz CT molecular complexity index is 188. The van der Waals surface area contributed by atoms with Crippen molar-refractivity contribution in [1.82, 2.24) is 0 Å². The summed E-state index contributed by atoms with van der Waals surface area (Å²) in [6.45, 7) is 3.72. The molecule has 0 aromatic heterocycles. The van der Waals surface area contributed by atoms with Gasteiger partial charge in [0, 0.05) is 7.11 Å². The van der Waals surface area contributed by atoms with E-state index >= 15 is 0 Å². The Morgan fingerprint density at radius 3 is 2.60 bits per heavy atom. The summed E-state index contributed by atoms with van der Waals surface area (Å²) in [4.78, 5) is 0. The highest BCUT2D eigenvalue weighted by atomic mass is 16.8. The second-order valence-electron chi connectivity index (χ2n) is 4.10. The quantitative estimate of drug-likeness (QED) is 0.473. The van der Waals surface area contributed by atoms with Gasteiger partial charge in [-0.1, -0.05) is 0 Å². The molecule has 4 atom stereocenters. The van der Waals surface area contributed by atoms with Gasteiger partial charge in [-0.05, 0) is 26.7 Å². The summed E-state index contributed by atoms with van der Waals surface area (Å²) < 4.78 is 15.3. The molecule has 1 rings (SSSR count). The maximum absolute atomic E-state index is 9.53. The Morgan fingerprint density at radius 2 is 2.13 bits per heavy atom. The standard InChI is InChI=1S/C10H21NO4/c1-6(2)14-9(12)7(11)4-5-8-10(13-3)15-8/h6-10,12H,4-5,11H2,1-3H3. The smallest absolute Gasteiger partial charge is 0.184 e. The third kappa shape index (κ3) is 4.44. The first-order valence-corrected chi connectivity index (χ1v) is 5.32. The van der Waals surface area contributed by atoms with Crippen molar-refractivity contribution >= 4 is 0 Å². The third-order valence-electron chi connectivity index (χ3n) is 2.33. The van der Waals surface area contributed by atoms with Crippen molar-refractivity contribution in [3.05, 3.63) is 0 Å². The lowest BCUT2D eigenvalue weighted by Crippen LogP contribution is -2.38. The van der Waals surface area contributed by atoms with Crippen molar-refractivity contribution in [1.29, 1.82) is 0 Å². The van der Waals surface area contributed by atoms with Crippen molar-refractivity contribution in [2.45, 2.75) is 57.5 Å². The Balaban J connectivity index is 2.10. The summed E-state index contributed by atoms with van der Waals surface area (Å²) in [7, 11) is 1.61. The minimum absolute atomic E-state index is 0.0186. The van der Waals surface area contributed by atoms with Gasteiger partial charge in [0.05, 0.1) is 12.1 Å². The van der Waals surface area contributed by atoms with Crippen LogP contribution < -0.4 is 5.73 Å². The van der Waals surface area contributed by atoms with E-state index in [1.54, 1.807) is 7.11 Å². The number of ether oxygens (including phenoxy) is 3. The number of hydrogen-bond acceptors (Lipinski definition) is 5. The Kier molecular flexibility index (Phi) is 4.95. The summed E-state index contributed by atoms with van der Waals surface area (Å²) in [5.74, 6) is 0. The number of nitrogens with two attached hydrogens (primary N) is 1. The van der Waals surface area contributed by atoms with Crippen LogP contribution in [0, 0.1) is 0 Å². The Morgan fingerprint density at radius 1 is 1.47 bits per heavy atom. The molecule has 5 heteroatoms. The first-order valence-electron chi connectivity index (χ1n) is 5.32. The van der Waals surface area contributed by atoms with E-state index in [4.69, 9.17) is 19.9 Å². The van der Waals surface area contributed by atoms with E-state index in [1.807, 2.05) is 13.8 Å². The average molecular weight is 219 g/mol. The molecule has 1 heterocycles. The monoisotopic (exact) mass is 219 g/mol. The molecule has 0 aromatic carbocycles. The summed E-state index contributed by atoms with van der Waals surface area (Å²) >= 11 is 0. The van der Waals surface area contributed by atoms with Crippen LogP contribution >= 0.6 is 0 Å². The lowest BCUT2D eigenvalue weighted by Gasteiger charge is -2.20. The molecule has 0 spiro atoms. The molecule has 0 amide bonds. The molecule has 1 aliphatic heterocycles. The topological polar surface area (TPSA) is 77.2 Å². The van der Waals surface area contributed by atoms with Gasteiger partial charge in [-0.2, -0.15) is 0 Å². The zero-order valence-electron chi connectivity index (χ0n) is 9.55. The molecule has 0 radical (unpaired) electrons. The van der Waals surface area contributed by atoms with Crippen LogP contribution in [0.5, 0.6) is 0 Å². The lowest BCUT2D eigenvalue weighted by molar-refractivity contribution is -0.138. The van der Waals surface area contributed by atoms with Crippen LogP contribution in [0.4, 0.5) is 0 Å². The van der Waals surface area contributed by atoms with Crippen LogP contribution in [0.1, 0.15) is 26.7 Å². The molecule has 4 unspecified atom stereocenters. The highest BCUT2D eigenvalue weighted by Gasteiger charge is 2.39. The number of rotatable bonds is 7. The van der Waals surface area contributed by atoms with Gasteiger partial charge in [0.25, 0.3) is 0 Å². The van der Waals surface area contributed by atoms with E-state index < -0.39 is 6.29 Å². The predicted molar refractivity (Wildman–Crippen MR) is 55.1 cm³/mol. The first kappa shape index (κ1) is 12.9. The van der Waals surface area contributed by atoms with Gasteiger partial charge in [-0.15, -0.1) is 0 Å². The van der Waals surface area contributed by atoms with Crippen LogP contribution in [0.25, 0.3) is 0 Å². The molecular weight excluding hydrogens is 198 g/mol. The minimum atomic E-state index is -0.898. The molecule has 1 fully saturated rings. The van der Waals surface area contributed by atoms with E-state index in [2.05, 4.69) is 0 Å². The molecule has 0 aliphatic carbocycles. The molecule has 0 bridgehead atoms. The number of hydrogen-bond donors (Lipinski definition) is 2. The van der Waals surface area contributed by atoms with Gasteiger partial charge in [0.15, 0.2) is 12.6 Å². The maximum atomic E-state index is 9.53. The van der Waals surface area contributed by atoms with Gasteiger partial charge in [0.2, 0.25) is 0 Å². The highest BCUT2D eigenvalue weighted by Crippen LogP contribution is 2.27. The normalized spacial score (nSPS) is 29.2. The number of aliphatic hydroxyl groups is 1. The SMILES string of the molecule is COC1OC1CCC(N)C(O)OC(C)C. The van der Waals surface area contributed by atoms with E-state index in [0.29, 0.717) is 6.42 Å². The summed E-state index contributed by atoms with van der Waals surface area (Å²) in [6, 6.07) is -0.367.